The monoisotopic (exact) mass is 325 g/mol. The highest BCUT2D eigenvalue weighted by Crippen LogP contribution is 2.20. The van der Waals surface area contributed by atoms with Gasteiger partial charge in [-0.1, -0.05) is 54.6 Å². The molecule has 3 nitrogen and oxygen atoms in total. The molecular formula is C20H20FNO2. The number of allylic oxidation sites excluding steroid dienone is 2. The third-order valence-electron chi connectivity index (χ3n) is 3.44. The Bertz CT molecular complexity index is 751. The molecule has 0 heterocycles. The van der Waals surface area contributed by atoms with Gasteiger partial charge >= 0.3 is 0 Å². The number of rotatable bonds is 5. The number of hydrogen-bond acceptors (Lipinski definition) is 3. The average Bonchev–Trinajstić information content (AvgIpc) is 2.62. The molecule has 1 unspecified atom stereocenters. The van der Waals surface area contributed by atoms with Gasteiger partial charge in [0.2, 0.25) is 0 Å². The zero-order valence-electron chi connectivity index (χ0n) is 13.7. The summed E-state index contributed by atoms with van der Waals surface area (Å²) in [5, 5.41) is 10.2. The zero-order chi connectivity index (χ0) is 17.4. The highest BCUT2D eigenvalue weighted by atomic mass is 19.1. The molecule has 4 heteroatoms. The Morgan fingerprint density at radius 2 is 1.92 bits per heavy atom. The number of ether oxygens (including phenoxy) is 1. The first-order chi connectivity index (χ1) is 11.6. The van der Waals surface area contributed by atoms with Gasteiger partial charge in [-0.25, -0.2) is 9.38 Å². The number of benzene rings is 2. The van der Waals surface area contributed by atoms with Crippen LogP contribution < -0.4 is 0 Å². The lowest BCUT2D eigenvalue weighted by Crippen LogP contribution is -1.94. The second-order valence-electron chi connectivity index (χ2n) is 5.16. The van der Waals surface area contributed by atoms with Crippen LogP contribution in [0.5, 0.6) is 0 Å². The molecule has 0 spiro atoms. The summed E-state index contributed by atoms with van der Waals surface area (Å²) in [6.07, 6.45) is 4.13. The van der Waals surface area contributed by atoms with E-state index in [1.165, 1.54) is 12.1 Å². The number of aliphatic imine (C=N–C) groups is 1. The minimum absolute atomic E-state index is 0.376. The smallest absolute Gasteiger partial charge is 0.184 e. The normalized spacial score (nSPS) is 14.0. The summed E-state index contributed by atoms with van der Waals surface area (Å²) in [5.41, 5.74) is 2.26. The van der Waals surface area contributed by atoms with Crippen molar-refractivity contribution >= 4 is 11.5 Å². The van der Waals surface area contributed by atoms with Gasteiger partial charge in [-0.05, 0) is 28.8 Å². The second-order valence-corrected chi connectivity index (χ2v) is 5.16. The first kappa shape index (κ1) is 17.6. The van der Waals surface area contributed by atoms with Crippen LogP contribution >= 0.6 is 0 Å². The van der Waals surface area contributed by atoms with Crippen molar-refractivity contribution < 1.29 is 14.2 Å². The predicted octanol–water partition coefficient (Wildman–Crippen LogP) is 4.52. The number of aliphatic hydroxyl groups is 1. The Hall–Kier alpha value is -2.72. The third kappa shape index (κ3) is 5.18. The maximum Gasteiger partial charge on any atom is 0.184 e. The molecular weight excluding hydrogens is 305 g/mol. The van der Waals surface area contributed by atoms with Gasteiger partial charge in [0.05, 0.1) is 13.2 Å². The fourth-order valence-electron chi connectivity index (χ4n) is 2.05. The lowest BCUT2D eigenvalue weighted by Gasteiger charge is -2.07. The van der Waals surface area contributed by atoms with Gasteiger partial charge < -0.3 is 9.84 Å². The average molecular weight is 325 g/mol. The first-order valence-corrected chi connectivity index (χ1v) is 7.56. The van der Waals surface area contributed by atoms with Crippen molar-refractivity contribution in [1.29, 1.82) is 0 Å². The fourth-order valence-corrected chi connectivity index (χ4v) is 2.05. The van der Waals surface area contributed by atoms with Crippen molar-refractivity contribution in [2.75, 3.05) is 7.11 Å². The minimum atomic E-state index is -0.902. The van der Waals surface area contributed by atoms with Gasteiger partial charge in [-0.15, -0.1) is 0 Å². The topological polar surface area (TPSA) is 41.8 Å². The van der Waals surface area contributed by atoms with E-state index in [9.17, 15) is 9.50 Å². The zero-order valence-corrected chi connectivity index (χ0v) is 13.7. The second kappa shape index (κ2) is 8.79. The lowest BCUT2D eigenvalue weighted by molar-refractivity contribution is 0.228. The van der Waals surface area contributed by atoms with Crippen LogP contribution in [0.15, 0.2) is 77.9 Å². The lowest BCUT2D eigenvalue weighted by atomic mass is 10.0. The van der Waals surface area contributed by atoms with E-state index in [-0.39, 0.29) is 5.82 Å². The highest BCUT2D eigenvalue weighted by molar-refractivity contribution is 5.78. The van der Waals surface area contributed by atoms with Crippen molar-refractivity contribution in [2.24, 2.45) is 4.99 Å². The summed E-state index contributed by atoms with van der Waals surface area (Å²) in [7, 11) is 1.55. The molecule has 1 N–H and O–H groups in total. The van der Waals surface area contributed by atoms with Crippen LogP contribution in [0.1, 0.15) is 24.2 Å². The fraction of sp³-hybridized carbons (Fsp3) is 0.150. The van der Waals surface area contributed by atoms with Crippen LogP contribution in [0.4, 0.5) is 4.39 Å². The van der Waals surface area contributed by atoms with Gasteiger partial charge in [0.25, 0.3) is 0 Å². The van der Waals surface area contributed by atoms with Crippen molar-refractivity contribution in [3.63, 3.8) is 0 Å². The number of aliphatic hydroxyl groups excluding tert-OH is 1. The molecule has 0 aliphatic rings. The molecule has 0 bridgehead atoms. The number of halogens is 1. The molecule has 0 fully saturated rings. The Morgan fingerprint density at radius 1 is 1.17 bits per heavy atom. The van der Waals surface area contributed by atoms with E-state index in [1.54, 1.807) is 44.5 Å². The van der Waals surface area contributed by atoms with Crippen LogP contribution in [0.2, 0.25) is 0 Å². The van der Waals surface area contributed by atoms with E-state index in [1.807, 2.05) is 30.3 Å². The molecule has 2 rings (SSSR count). The Morgan fingerprint density at radius 3 is 2.58 bits per heavy atom. The molecule has 0 radical (unpaired) electrons. The van der Waals surface area contributed by atoms with Crippen molar-refractivity contribution in [3.05, 3.63) is 89.9 Å². The minimum Gasteiger partial charge on any atom is -0.484 e. The van der Waals surface area contributed by atoms with E-state index in [0.29, 0.717) is 11.5 Å². The molecule has 24 heavy (non-hydrogen) atoms. The molecule has 0 aliphatic carbocycles. The molecule has 0 amide bonds. The van der Waals surface area contributed by atoms with Crippen LogP contribution in [0, 0.1) is 5.82 Å². The van der Waals surface area contributed by atoms with Gasteiger partial charge in [0.15, 0.2) is 5.90 Å². The van der Waals surface area contributed by atoms with Crippen molar-refractivity contribution in [3.8, 4) is 0 Å². The number of hydrogen-bond donors (Lipinski definition) is 1. The summed E-state index contributed by atoms with van der Waals surface area (Å²) in [6.45, 7) is 1.75. The van der Waals surface area contributed by atoms with E-state index in [0.717, 1.165) is 11.1 Å². The van der Waals surface area contributed by atoms with Gasteiger partial charge in [0.1, 0.15) is 5.82 Å². The van der Waals surface area contributed by atoms with E-state index >= 15 is 0 Å². The summed E-state index contributed by atoms with van der Waals surface area (Å²) >= 11 is 0. The quantitative estimate of drug-likeness (QED) is 0.499. The van der Waals surface area contributed by atoms with Gasteiger partial charge in [-0.3, -0.25) is 0 Å². The molecule has 2 aromatic carbocycles. The van der Waals surface area contributed by atoms with Crippen LogP contribution in [-0.4, -0.2) is 18.1 Å². The standard InChI is InChI=1S/C20H20FNO2/c1-15(24-2)22-14-18(16-7-4-3-5-8-16)11-12-20(23)17-9-6-10-19(21)13-17/h3-14,20,23H,1-2H3/b12-11+,18-14+,22-15+. The SMILES string of the molecule is CO/C(C)=N/C=C(\C=C\C(O)c1cccc(F)c1)c1ccccc1. The van der Waals surface area contributed by atoms with Gasteiger partial charge in [-0.2, -0.15) is 0 Å². The highest BCUT2D eigenvalue weighted by Gasteiger charge is 2.05. The molecule has 0 saturated carbocycles. The largest absolute Gasteiger partial charge is 0.484 e. The number of nitrogens with zero attached hydrogens (tertiary/aromatic N) is 1. The molecule has 2 aromatic rings. The molecule has 124 valence electrons. The third-order valence-corrected chi connectivity index (χ3v) is 3.44. The summed E-state index contributed by atoms with van der Waals surface area (Å²) in [6, 6.07) is 15.6. The Labute approximate surface area is 141 Å². The van der Waals surface area contributed by atoms with E-state index in [2.05, 4.69) is 4.99 Å². The Balaban J connectivity index is 2.28. The molecule has 0 saturated heterocycles. The molecule has 1 atom stereocenters. The summed E-state index contributed by atoms with van der Waals surface area (Å²) in [4.78, 5) is 4.22. The maximum absolute atomic E-state index is 13.3. The number of methoxy groups -OCH3 is 1. The first-order valence-electron chi connectivity index (χ1n) is 7.56. The summed E-state index contributed by atoms with van der Waals surface area (Å²) < 4.78 is 18.3. The summed E-state index contributed by atoms with van der Waals surface area (Å²) in [5.74, 6) is 0.154. The van der Waals surface area contributed by atoms with Crippen molar-refractivity contribution in [1.82, 2.24) is 0 Å². The van der Waals surface area contributed by atoms with Gasteiger partial charge in [0, 0.05) is 13.1 Å². The van der Waals surface area contributed by atoms with Crippen LogP contribution in [-0.2, 0) is 4.74 Å². The van der Waals surface area contributed by atoms with Crippen molar-refractivity contribution in [2.45, 2.75) is 13.0 Å². The maximum atomic E-state index is 13.3. The Kier molecular flexibility index (Phi) is 6.46. The predicted molar refractivity (Wildman–Crippen MR) is 95.0 cm³/mol. The molecule has 0 aromatic heterocycles. The van der Waals surface area contributed by atoms with Crippen LogP contribution in [0.3, 0.4) is 0 Å². The van der Waals surface area contributed by atoms with Crippen LogP contribution in [0.25, 0.3) is 5.57 Å². The van der Waals surface area contributed by atoms with E-state index < -0.39 is 6.10 Å². The molecule has 0 aliphatic heterocycles. The van der Waals surface area contributed by atoms with E-state index in [4.69, 9.17) is 4.74 Å².